The molecule has 3 aliphatic rings. The van der Waals surface area contributed by atoms with Crippen LogP contribution in [0.15, 0.2) is 46.3 Å². The summed E-state index contributed by atoms with van der Waals surface area (Å²) in [5, 5.41) is 0. The van der Waals surface area contributed by atoms with E-state index in [4.69, 9.17) is 15.7 Å². The number of hydrogen-bond acceptors (Lipinski definition) is 5. The number of hydrogen-bond donors (Lipinski definition) is 1. The number of nitrogens with zero attached hydrogens (tertiary/aromatic N) is 5. The molecule has 1 aromatic carbocycles. The molecule has 0 bridgehead atoms. The molecule has 1 aliphatic carbocycles. The molecule has 3 unspecified atom stereocenters. The minimum atomic E-state index is -0.0429. The molecule has 192 valence electrons. The number of anilines is 1. The topological polar surface area (TPSA) is 81.4 Å². The van der Waals surface area contributed by atoms with Gasteiger partial charge in [0, 0.05) is 36.8 Å². The van der Waals surface area contributed by atoms with Gasteiger partial charge in [0.2, 0.25) is 5.95 Å². The normalized spacial score (nSPS) is 23.5. The zero-order valence-corrected chi connectivity index (χ0v) is 21.7. The standard InChI is InChI=1S/C30H36N6O/c1-2-3-17-36-28-26(33-30(36)35-16-9-10-21(31)19-35)15-18-34(29(28)37)20-27-24-13-8-7-11-22(24)23-12-5-4-6-14-25(23)32-27/h7-8,11,13,15,18,21,23,25H,4-6,9-10,12,14,16-17,19-20,31H2,1H3. The zero-order chi connectivity index (χ0) is 25.4. The molecule has 3 atom stereocenters. The number of imidazole rings is 1. The maximum Gasteiger partial charge on any atom is 0.277 e. The van der Waals surface area contributed by atoms with Crippen LogP contribution >= 0.6 is 0 Å². The fourth-order valence-electron chi connectivity index (χ4n) is 6.48. The van der Waals surface area contributed by atoms with Gasteiger partial charge in [-0.3, -0.25) is 14.4 Å². The largest absolute Gasteiger partial charge is 0.341 e. The van der Waals surface area contributed by atoms with Crippen LogP contribution in [0.1, 0.15) is 68.9 Å². The highest BCUT2D eigenvalue weighted by atomic mass is 16.1. The number of rotatable bonds is 4. The maximum absolute atomic E-state index is 14.0. The Morgan fingerprint density at radius 1 is 1.08 bits per heavy atom. The highest BCUT2D eigenvalue weighted by molar-refractivity contribution is 6.03. The number of aromatic nitrogens is 3. The third kappa shape index (κ3) is 4.48. The van der Waals surface area contributed by atoms with Crippen molar-refractivity contribution in [2.24, 2.45) is 10.7 Å². The second-order valence-corrected chi connectivity index (χ2v) is 10.7. The highest BCUT2D eigenvalue weighted by Gasteiger charge is 2.32. The average Bonchev–Trinajstić information content (AvgIpc) is 3.12. The van der Waals surface area contributed by atoms with Crippen LogP contribution in [0.5, 0.6) is 0 Å². The van der Waals surface area contributed by atoms with Crippen molar-refractivity contribution in [3.63, 3.8) is 0 Å². The Balaban J connectivity index is 1.41. The van der Waals surface area contributed by atoms with E-state index in [9.17, 15) is 4.79 Å². The molecule has 2 aromatic heterocycles. The predicted molar refractivity (Wildman–Crippen MR) is 149 cm³/mol. The maximum atomic E-state index is 14.0. The number of piperidine rings is 1. The fraction of sp³-hybridized carbons (Fsp3) is 0.500. The summed E-state index contributed by atoms with van der Waals surface area (Å²) in [6.45, 7) is 4.35. The van der Waals surface area contributed by atoms with Crippen LogP contribution < -0.4 is 16.2 Å². The Morgan fingerprint density at radius 2 is 1.95 bits per heavy atom. The predicted octanol–water partition coefficient (Wildman–Crippen LogP) is 4.07. The van der Waals surface area contributed by atoms with Gasteiger partial charge in [0.15, 0.2) is 0 Å². The van der Waals surface area contributed by atoms with Crippen molar-refractivity contribution in [3.8, 4) is 11.8 Å². The monoisotopic (exact) mass is 496 g/mol. The van der Waals surface area contributed by atoms with E-state index < -0.39 is 0 Å². The molecule has 7 nitrogen and oxygen atoms in total. The van der Waals surface area contributed by atoms with E-state index >= 15 is 0 Å². The first kappa shape index (κ1) is 24.0. The van der Waals surface area contributed by atoms with E-state index in [0.29, 0.717) is 36.1 Å². The molecule has 1 saturated carbocycles. The van der Waals surface area contributed by atoms with E-state index in [-0.39, 0.29) is 11.6 Å². The van der Waals surface area contributed by atoms with Crippen LogP contribution in [0, 0.1) is 11.8 Å². The van der Waals surface area contributed by atoms with Crippen LogP contribution in [0.25, 0.3) is 11.0 Å². The first-order valence-electron chi connectivity index (χ1n) is 13.8. The molecule has 2 fully saturated rings. The quantitative estimate of drug-likeness (QED) is 0.552. The molecule has 2 N–H and O–H groups in total. The SMILES string of the molecule is CC#CCn1c(N2CCCC(N)C2)nc2ccn(CC3=NC4CCCCCC4c4ccccc43)c(=O)c21. The van der Waals surface area contributed by atoms with Crippen molar-refractivity contribution in [2.75, 3.05) is 18.0 Å². The first-order chi connectivity index (χ1) is 18.1. The van der Waals surface area contributed by atoms with Crippen LogP contribution in [-0.2, 0) is 13.1 Å². The molecule has 4 heterocycles. The lowest BCUT2D eigenvalue weighted by Crippen LogP contribution is -2.44. The summed E-state index contributed by atoms with van der Waals surface area (Å²) in [4.78, 5) is 26.3. The summed E-state index contributed by atoms with van der Waals surface area (Å²) in [5.41, 5.74) is 11.2. The summed E-state index contributed by atoms with van der Waals surface area (Å²) >= 11 is 0. The van der Waals surface area contributed by atoms with Gasteiger partial charge in [-0.1, -0.05) is 49.4 Å². The number of benzene rings is 1. The molecule has 1 saturated heterocycles. The van der Waals surface area contributed by atoms with Gasteiger partial charge in [-0.25, -0.2) is 4.98 Å². The lowest BCUT2D eigenvalue weighted by molar-refractivity contribution is 0.496. The summed E-state index contributed by atoms with van der Waals surface area (Å²) in [6.07, 6.45) is 10.0. The Bertz CT molecular complexity index is 1450. The summed E-state index contributed by atoms with van der Waals surface area (Å²) in [5.74, 6) is 7.43. The van der Waals surface area contributed by atoms with Gasteiger partial charge in [0.05, 0.1) is 30.4 Å². The smallest absolute Gasteiger partial charge is 0.277 e. The molecule has 0 spiro atoms. The minimum Gasteiger partial charge on any atom is -0.341 e. The number of aliphatic imine (C=N–C) groups is 1. The Labute approximate surface area is 218 Å². The van der Waals surface area contributed by atoms with Crippen molar-refractivity contribution in [1.82, 2.24) is 14.1 Å². The molecule has 7 heteroatoms. The van der Waals surface area contributed by atoms with Crippen molar-refractivity contribution >= 4 is 22.7 Å². The Morgan fingerprint density at radius 3 is 2.81 bits per heavy atom. The summed E-state index contributed by atoms with van der Waals surface area (Å²) in [6, 6.07) is 11.1. The lowest BCUT2D eigenvalue weighted by Gasteiger charge is -2.31. The molecule has 37 heavy (non-hydrogen) atoms. The molecule has 6 rings (SSSR count). The van der Waals surface area contributed by atoms with Crippen molar-refractivity contribution in [3.05, 3.63) is 58.0 Å². The van der Waals surface area contributed by atoms with Gasteiger partial charge >= 0.3 is 0 Å². The van der Waals surface area contributed by atoms with Crippen molar-refractivity contribution in [1.29, 1.82) is 0 Å². The van der Waals surface area contributed by atoms with E-state index in [1.54, 1.807) is 4.57 Å². The number of fused-ring (bicyclic) bond motifs is 4. The molecular formula is C30H36N6O. The average molecular weight is 497 g/mol. The van der Waals surface area contributed by atoms with Gasteiger partial charge in [-0.2, -0.15) is 0 Å². The van der Waals surface area contributed by atoms with Gasteiger partial charge in [-0.15, -0.1) is 5.92 Å². The van der Waals surface area contributed by atoms with E-state index in [1.807, 2.05) is 23.8 Å². The van der Waals surface area contributed by atoms with E-state index in [2.05, 4.69) is 41.0 Å². The van der Waals surface area contributed by atoms with Gasteiger partial charge < -0.3 is 15.2 Å². The van der Waals surface area contributed by atoms with Crippen LogP contribution in [0.4, 0.5) is 5.95 Å². The van der Waals surface area contributed by atoms with Crippen molar-refractivity contribution < 1.29 is 0 Å². The zero-order valence-electron chi connectivity index (χ0n) is 21.7. The molecular weight excluding hydrogens is 460 g/mol. The first-order valence-corrected chi connectivity index (χ1v) is 13.8. The lowest BCUT2D eigenvalue weighted by atomic mass is 9.81. The second-order valence-electron chi connectivity index (χ2n) is 10.7. The van der Waals surface area contributed by atoms with E-state index in [0.717, 1.165) is 44.0 Å². The highest BCUT2D eigenvalue weighted by Crippen LogP contribution is 2.39. The second kappa shape index (κ2) is 10.2. The van der Waals surface area contributed by atoms with Crippen LogP contribution in [0.2, 0.25) is 0 Å². The summed E-state index contributed by atoms with van der Waals surface area (Å²) in [7, 11) is 0. The van der Waals surface area contributed by atoms with Crippen molar-refractivity contribution in [2.45, 2.75) is 83.0 Å². The fourth-order valence-corrected chi connectivity index (χ4v) is 6.48. The third-order valence-corrected chi connectivity index (χ3v) is 8.30. The van der Waals surface area contributed by atoms with Crippen LogP contribution in [0.3, 0.4) is 0 Å². The third-order valence-electron chi connectivity index (χ3n) is 8.30. The van der Waals surface area contributed by atoms with Gasteiger partial charge in [0.25, 0.3) is 5.56 Å². The molecule has 3 aromatic rings. The molecule has 2 aliphatic heterocycles. The van der Waals surface area contributed by atoms with Gasteiger partial charge in [-0.05, 0) is 44.2 Å². The number of nitrogens with two attached hydrogens (primary N) is 1. The van der Waals surface area contributed by atoms with Gasteiger partial charge in [0.1, 0.15) is 5.52 Å². The van der Waals surface area contributed by atoms with Crippen LogP contribution in [-0.4, -0.2) is 45.0 Å². The Hall–Kier alpha value is -3.37. The molecule has 0 amide bonds. The number of pyridine rings is 1. The summed E-state index contributed by atoms with van der Waals surface area (Å²) < 4.78 is 3.79. The minimum absolute atomic E-state index is 0.0429. The Kier molecular flexibility index (Phi) is 6.60. The van der Waals surface area contributed by atoms with E-state index in [1.165, 1.54) is 36.8 Å². The molecule has 0 radical (unpaired) electrons.